The summed E-state index contributed by atoms with van der Waals surface area (Å²) in [6, 6.07) is 5.61. The molecule has 1 rings (SSSR count). The van der Waals surface area contributed by atoms with Gasteiger partial charge in [0.25, 0.3) is 0 Å². The Hall–Kier alpha value is -0.770. The second-order valence-electron chi connectivity index (χ2n) is 3.91. The van der Waals surface area contributed by atoms with Gasteiger partial charge in [0, 0.05) is 4.47 Å². The van der Waals surface area contributed by atoms with Crippen molar-refractivity contribution in [3.05, 3.63) is 53.0 Å². The summed E-state index contributed by atoms with van der Waals surface area (Å²) in [5, 5.41) is 0.623. The molecular formula is C14H18BrClNO+. The molecular weight excluding hydrogens is 314 g/mol. The highest BCUT2D eigenvalue weighted by Crippen LogP contribution is 2.27. The monoisotopic (exact) mass is 330 g/mol. The van der Waals surface area contributed by atoms with Crippen molar-refractivity contribution in [3.63, 3.8) is 0 Å². The van der Waals surface area contributed by atoms with E-state index in [0.29, 0.717) is 11.6 Å². The average molecular weight is 332 g/mol. The molecule has 18 heavy (non-hydrogen) atoms. The normalized spacial score (nSPS) is 10.4. The van der Waals surface area contributed by atoms with Crippen molar-refractivity contribution >= 4 is 27.5 Å². The molecule has 0 aliphatic rings. The van der Waals surface area contributed by atoms with Crippen LogP contribution >= 0.6 is 27.5 Å². The van der Waals surface area contributed by atoms with Gasteiger partial charge in [-0.3, -0.25) is 0 Å². The third-order valence-electron chi connectivity index (χ3n) is 2.47. The van der Waals surface area contributed by atoms with Gasteiger partial charge in [0.15, 0.2) is 0 Å². The Bertz CT molecular complexity index is 399. The number of benzene rings is 1. The summed E-state index contributed by atoms with van der Waals surface area (Å²) in [6.45, 7) is 10.8. The fourth-order valence-corrected chi connectivity index (χ4v) is 2.32. The van der Waals surface area contributed by atoms with Crippen LogP contribution in [-0.2, 0) is 0 Å². The van der Waals surface area contributed by atoms with Crippen LogP contribution in [0.1, 0.15) is 0 Å². The summed E-state index contributed by atoms with van der Waals surface area (Å²) in [6.07, 6.45) is 3.82. The zero-order valence-corrected chi connectivity index (χ0v) is 12.6. The Morgan fingerprint density at radius 1 is 1.28 bits per heavy atom. The van der Waals surface area contributed by atoms with Crippen molar-refractivity contribution in [3.8, 4) is 5.75 Å². The van der Waals surface area contributed by atoms with Crippen LogP contribution in [0, 0.1) is 0 Å². The van der Waals surface area contributed by atoms with E-state index in [2.05, 4.69) is 29.1 Å². The molecule has 0 unspecified atom stereocenters. The highest BCUT2D eigenvalue weighted by atomic mass is 79.9. The third-order valence-corrected chi connectivity index (χ3v) is 3.26. The Morgan fingerprint density at radius 2 is 1.94 bits per heavy atom. The molecule has 0 aliphatic carbocycles. The van der Waals surface area contributed by atoms with Gasteiger partial charge in [0.2, 0.25) is 0 Å². The van der Waals surface area contributed by atoms with Crippen LogP contribution in [0.5, 0.6) is 5.75 Å². The number of halogens is 2. The first kappa shape index (κ1) is 15.3. The van der Waals surface area contributed by atoms with Crippen LogP contribution in [-0.4, -0.2) is 26.2 Å². The first-order chi connectivity index (χ1) is 8.67. The van der Waals surface area contributed by atoms with Crippen molar-refractivity contribution in [2.75, 3.05) is 26.2 Å². The van der Waals surface area contributed by atoms with Gasteiger partial charge in [-0.15, -0.1) is 0 Å². The molecule has 0 saturated heterocycles. The van der Waals surface area contributed by atoms with Gasteiger partial charge in [-0.2, -0.15) is 0 Å². The molecule has 1 N–H and O–H groups in total. The van der Waals surface area contributed by atoms with Crippen molar-refractivity contribution in [1.29, 1.82) is 0 Å². The van der Waals surface area contributed by atoms with Crippen molar-refractivity contribution in [2.45, 2.75) is 0 Å². The lowest BCUT2D eigenvalue weighted by Crippen LogP contribution is -3.12. The van der Waals surface area contributed by atoms with Gasteiger partial charge < -0.3 is 9.64 Å². The molecule has 0 atom stereocenters. The third kappa shape index (κ3) is 5.25. The molecule has 0 fully saturated rings. The highest BCUT2D eigenvalue weighted by molar-refractivity contribution is 9.10. The molecule has 1 aromatic rings. The average Bonchev–Trinajstić information content (AvgIpc) is 2.32. The quantitative estimate of drug-likeness (QED) is 0.723. The molecule has 0 aliphatic heterocycles. The van der Waals surface area contributed by atoms with Gasteiger partial charge in [0.05, 0.1) is 18.1 Å². The second kappa shape index (κ2) is 8.35. The van der Waals surface area contributed by atoms with Gasteiger partial charge in [-0.05, 0) is 30.4 Å². The number of ether oxygens (including phenoxy) is 1. The number of nitrogens with one attached hydrogen (secondary N) is 1. The molecule has 0 aromatic heterocycles. The summed E-state index contributed by atoms with van der Waals surface area (Å²) in [5.41, 5.74) is 0. The van der Waals surface area contributed by atoms with E-state index >= 15 is 0 Å². The van der Waals surface area contributed by atoms with Crippen LogP contribution in [0.4, 0.5) is 0 Å². The predicted molar refractivity (Wildman–Crippen MR) is 80.6 cm³/mol. The van der Waals surface area contributed by atoms with E-state index in [-0.39, 0.29) is 0 Å². The lowest BCUT2D eigenvalue weighted by Gasteiger charge is -2.16. The molecule has 1 aromatic carbocycles. The molecule has 0 radical (unpaired) electrons. The molecule has 0 saturated carbocycles. The SMILES string of the molecule is C=CC[NH+](CC=C)CCOc1ccc(Br)cc1Cl. The van der Waals surface area contributed by atoms with Gasteiger partial charge >= 0.3 is 0 Å². The molecule has 0 heterocycles. The second-order valence-corrected chi connectivity index (χ2v) is 5.23. The number of quaternary nitrogens is 1. The maximum absolute atomic E-state index is 6.07. The Kier molecular flexibility index (Phi) is 7.09. The smallest absolute Gasteiger partial charge is 0.138 e. The van der Waals surface area contributed by atoms with Crippen LogP contribution in [0.2, 0.25) is 5.02 Å². The fraction of sp³-hybridized carbons (Fsp3) is 0.286. The van der Waals surface area contributed by atoms with Crippen LogP contribution in [0.25, 0.3) is 0 Å². The highest BCUT2D eigenvalue weighted by Gasteiger charge is 2.06. The van der Waals surface area contributed by atoms with Crippen LogP contribution < -0.4 is 9.64 Å². The summed E-state index contributed by atoms with van der Waals surface area (Å²) >= 11 is 9.44. The van der Waals surface area contributed by atoms with E-state index in [1.54, 1.807) is 0 Å². The number of hydrogen-bond donors (Lipinski definition) is 1. The fourth-order valence-electron chi connectivity index (χ4n) is 1.59. The summed E-state index contributed by atoms with van der Waals surface area (Å²) in [7, 11) is 0. The minimum Gasteiger partial charge on any atom is -0.486 e. The summed E-state index contributed by atoms with van der Waals surface area (Å²) in [4.78, 5) is 1.37. The zero-order chi connectivity index (χ0) is 13.4. The van der Waals surface area contributed by atoms with Gasteiger partial charge in [-0.25, -0.2) is 0 Å². The molecule has 0 bridgehead atoms. The standard InChI is InChI=1S/C14H17BrClNO/c1-3-7-17(8-4-2)9-10-18-14-6-5-12(15)11-13(14)16/h3-6,11H,1-2,7-10H2/p+1. The maximum atomic E-state index is 6.07. The lowest BCUT2D eigenvalue weighted by molar-refractivity contribution is -0.888. The minimum atomic E-state index is 0.623. The Balaban J connectivity index is 2.44. The van der Waals surface area contributed by atoms with Gasteiger partial charge in [0.1, 0.15) is 18.9 Å². The van der Waals surface area contributed by atoms with E-state index < -0.39 is 0 Å². The van der Waals surface area contributed by atoms with E-state index in [9.17, 15) is 0 Å². The van der Waals surface area contributed by atoms with Crippen LogP contribution in [0.3, 0.4) is 0 Å². The molecule has 2 nitrogen and oxygen atoms in total. The van der Waals surface area contributed by atoms with Crippen molar-refractivity contribution in [2.24, 2.45) is 0 Å². The molecule has 98 valence electrons. The zero-order valence-electron chi connectivity index (χ0n) is 10.3. The topological polar surface area (TPSA) is 13.7 Å². The largest absolute Gasteiger partial charge is 0.486 e. The number of rotatable bonds is 8. The molecule has 0 amide bonds. The van der Waals surface area contributed by atoms with Crippen LogP contribution in [0.15, 0.2) is 48.0 Å². The first-order valence-electron chi connectivity index (χ1n) is 5.80. The molecule has 0 spiro atoms. The van der Waals surface area contributed by atoms with E-state index in [4.69, 9.17) is 16.3 Å². The van der Waals surface area contributed by atoms with Crippen molar-refractivity contribution < 1.29 is 9.64 Å². The van der Waals surface area contributed by atoms with Crippen molar-refractivity contribution in [1.82, 2.24) is 0 Å². The summed E-state index contributed by atoms with van der Waals surface area (Å²) in [5.74, 6) is 0.719. The summed E-state index contributed by atoms with van der Waals surface area (Å²) < 4.78 is 6.62. The first-order valence-corrected chi connectivity index (χ1v) is 6.97. The lowest BCUT2D eigenvalue weighted by atomic mass is 10.3. The van der Waals surface area contributed by atoms with Gasteiger partial charge in [-0.1, -0.05) is 40.7 Å². The minimum absolute atomic E-state index is 0.623. The molecule has 4 heteroatoms. The Labute approximate surface area is 122 Å². The number of hydrogen-bond acceptors (Lipinski definition) is 1. The predicted octanol–water partition coefficient (Wildman–Crippen LogP) is 2.74. The van der Waals surface area contributed by atoms with E-state index in [1.165, 1.54) is 4.90 Å². The van der Waals surface area contributed by atoms with E-state index in [0.717, 1.165) is 29.9 Å². The van der Waals surface area contributed by atoms with E-state index in [1.807, 2.05) is 30.4 Å². The maximum Gasteiger partial charge on any atom is 0.138 e. The Morgan fingerprint density at radius 3 is 2.50 bits per heavy atom.